The van der Waals surface area contributed by atoms with Crippen molar-refractivity contribution in [1.29, 1.82) is 0 Å². The molecule has 5 heteroatoms. The number of fused-ring (bicyclic) bond motifs is 1. The van der Waals surface area contributed by atoms with Crippen molar-refractivity contribution in [2.24, 2.45) is 0 Å². The molecule has 0 saturated carbocycles. The molecule has 17 heavy (non-hydrogen) atoms. The number of piperazine rings is 1. The van der Waals surface area contributed by atoms with Crippen molar-refractivity contribution >= 4 is 16.9 Å². The average Bonchev–Trinajstić information content (AvgIpc) is 2.39. The summed E-state index contributed by atoms with van der Waals surface area (Å²) in [5.74, 6) is 0.858. The Morgan fingerprint density at radius 2 is 1.71 bits per heavy atom. The highest BCUT2D eigenvalue weighted by Gasteiger charge is 2.13. The molecule has 1 aromatic carbocycles. The van der Waals surface area contributed by atoms with Crippen LogP contribution < -0.4 is 4.90 Å². The van der Waals surface area contributed by atoms with Crippen LogP contribution in [0.3, 0.4) is 0 Å². The van der Waals surface area contributed by atoms with Crippen molar-refractivity contribution in [3.05, 3.63) is 35.7 Å². The lowest BCUT2D eigenvalue weighted by atomic mass is 10.3. The normalized spacial score (nSPS) is 17.6. The SMILES string of the molecule is [O-]N1CCN(c2cnc3ccccc3n2)CC1. The first-order valence-electron chi connectivity index (χ1n) is 5.72. The molecule has 1 aliphatic heterocycles. The Morgan fingerprint density at radius 3 is 2.47 bits per heavy atom. The molecule has 2 aromatic rings. The summed E-state index contributed by atoms with van der Waals surface area (Å²) in [5, 5.41) is 12.2. The van der Waals surface area contributed by atoms with Crippen molar-refractivity contribution < 1.29 is 0 Å². The summed E-state index contributed by atoms with van der Waals surface area (Å²) < 4.78 is 0. The number of benzene rings is 1. The van der Waals surface area contributed by atoms with Gasteiger partial charge in [-0.05, 0) is 12.1 Å². The van der Waals surface area contributed by atoms with Gasteiger partial charge >= 0.3 is 0 Å². The van der Waals surface area contributed by atoms with Crippen molar-refractivity contribution in [2.75, 3.05) is 31.1 Å². The average molecular weight is 229 g/mol. The maximum Gasteiger partial charge on any atom is 0.147 e. The molecule has 0 atom stereocenters. The van der Waals surface area contributed by atoms with Gasteiger partial charge in [0.2, 0.25) is 0 Å². The third-order valence-electron chi connectivity index (χ3n) is 3.00. The number of hydroxylamine groups is 2. The third-order valence-corrected chi connectivity index (χ3v) is 3.00. The van der Waals surface area contributed by atoms with E-state index in [4.69, 9.17) is 0 Å². The molecule has 3 rings (SSSR count). The van der Waals surface area contributed by atoms with Crippen LogP contribution in [-0.2, 0) is 0 Å². The van der Waals surface area contributed by atoms with Crippen LogP contribution in [0.25, 0.3) is 11.0 Å². The van der Waals surface area contributed by atoms with E-state index in [1.807, 2.05) is 24.3 Å². The van der Waals surface area contributed by atoms with Crippen molar-refractivity contribution in [3.63, 3.8) is 0 Å². The largest absolute Gasteiger partial charge is 0.785 e. The number of aromatic nitrogens is 2. The zero-order valence-electron chi connectivity index (χ0n) is 9.41. The summed E-state index contributed by atoms with van der Waals surface area (Å²) in [6.07, 6.45) is 1.78. The number of nitrogens with zero attached hydrogens (tertiary/aromatic N) is 4. The van der Waals surface area contributed by atoms with Gasteiger partial charge in [0.15, 0.2) is 0 Å². The van der Waals surface area contributed by atoms with Gasteiger partial charge < -0.3 is 15.2 Å². The topological polar surface area (TPSA) is 55.3 Å². The minimum absolute atomic E-state index is 0.536. The van der Waals surface area contributed by atoms with Crippen LogP contribution in [-0.4, -0.2) is 41.2 Å². The van der Waals surface area contributed by atoms with Gasteiger partial charge in [0.05, 0.1) is 17.2 Å². The second-order valence-corrected chi connectivity index (χ2v) is 4.13. The van der Waals surface area contributed by atoms with Crippen LogP contribution in [0.2, 0.25) is 0 Å². The van der Waals surface area contributed by atoms with Gasteiger partial charge in [-0.15, -0.1) is 0 Å². The van der Waals surface area contributed by atoms with E-state index in [9.17, 15) is 5.21 Å². The number of rotatable bonds is 1. The Balaban J connectivity index is 1.90. The smallest absolute Gasteiger partial charge is 0.147 e. The number of anilines is 1. The molecule has 5 nitrogen and oxygen atoms in total. The summed E-state index contributed by atoms with van der Waals surface area (Å²) in [6, 6.07) is 7.81. The van der Waals surface area contributed by atoms with Crippen LogP contribution in [0.5, 0.6) is 0 Å². The highest BCUT2D eigenvalue weighted by atomic mass is 16.5. The molecular weight excluding hydrogens is 216 g/mol. The van der Waals surface area contributed by atoms with Crippen LogP contribution >= 0.6 is 0 Å². The molecule has 1 aromatic heterocycles. The summed E-state index contributed by atoms with van der Waals surface area (Å²) in [6.45, 7) is 2.51. The lowest BCUT2D eigenvalue weighted by molar-refractivity contribution is 0.349. The van der Waals surface area contributed by atoms with Crippen LogP contribution in [0.4, 0.5) is 5.82 Å². The molecule has 88 valence electrons. The second-order valence-electron chi connectivity index (χ2n) is 4.13. The fraction of sp³-hybridized carbons (Fsp3) is 0.333. The second kappa shape index (κ2) is 4.27. The Hall–Kier alpha value is -1.72. The van der Waals surface area contributed by atoms with Crippen molar-refractivity contribution in [3.8, 4) is 0 Å². The first-order valence-corrected chi connectivity index (χ1v) is 5.72. The van der Waals surface area contributed by atoms with Gasteiger partial charge in [-0.25, -0.2) is 4.98 Å². The van der Waals surface area contributed by atoms with Gasteiger partial charge in [-0.3, -0.25) is 4.98 Å². The van der Waals surface area contributed by atoms with Crippen LogP contribution in [0, 0.1) is 5.21 Å². The molecule has 1 fully saturated rings. The maximum atomic E-state index is 11.1. The number of hydrogen-bond donors (Lipinski definition) is 0. The Kier molecular flexibility index (Phi) is 2.62. The Bertz CT molecular complexity index is 523. The van der Waals surface area contributed by atoms with E-state index in [0.717, 1.165) is 35.0 Å². The summed E-state index contributed by atoms with van der Waals surface area (Å²) in [4.78, 5) is 11.1. The molecule has 1 aliphatic rings. The molecule has 0 bridgehead atoms. The van der Waals surface area contributed by atoms with Gasteiger partial charge in [0.25, 0.3) is 0 Å². The minimum atomic E-state index is 0.536. The molecule has 1 saturated heterocycles. The molecule has 0 aliphatic carbocycles. The van der Waals surface area contributed by atoms with E-state index in [0.29, 0.717) is 13.1 Å². The van der Waals surface area contributed by atoms with E-state index in [1.54, 1.807) is 6.20 Å². The fourth-order valence-corrected chi connectivity index (χ4v) is 2.02. The zero-order valence-corrected chi connectivity index (χ0v) is 9.41. The first-order chi connectivity index (χ1) is 8.33. The van der Waals surface area contributed by atoms with Gasteiger partial charge in [0.1, 0.15) is 5.82 Å². The molecule has 0 N–H and O–H groups in total. The quantitative estimate of drug-likeness (QED) is 0.736. The van der Waals surface area contributed by atoms with E-state index < -0.39 is 0 Å². The van der Waals surface area contributed by atoms with E-state index in [1.165, 1.54) is 0 Å². The number of hydrogen-bond acceptors (Lipinski definition) is 5. The van der Waals surface area contributed by atoms with Crippen LogP contribution in [0.1, 0.15) is 0 Å². The molecule has 2 heterocycles. The lowest BCUT2D eigenvalue weighted by Crippen LogP contribution is -2.44. The highest BCUT2D eigenvalue weighted by molar-refractivity contribution is 5.75. The monoisotopic (exact) mass is 229 g/mol. The molecule has 0 amide bonds. The number of para-hydroxylation sites is 2. The zero-order chi connectivity index (χ0) is 11.7. The van der Waals surface area contributed by atoms with Gasteiger partial charge in [-0.2, -0.15) is 0 Å². The van der Waals surface area contributed by atoms with Crippen molar-refractivity contribution in [1.82, 2.24) is 15.0 Å². The van der Waals surface area contributed by atoms with Crippen LogP contribution in [0.15, 0.2) is 30.5 Å². The molecule has 0 radical (unpaired) electrons. The molecular formula is C12H13N4O-. The first kappa shape index (κ1) is 10.4. The molecule has 0 spiro atoms. The Labute approximate surface area is 99.3 Å². The highest BCUT2D eigenvalue weighted by Crippen LogP contribution is 2.16. The van der Waals surface area contributed by atoms with E-state index >= 15 is 0 Å². The van der Waals surface area contributed by atoms with E-state index in [-0.39, 0.29) is 0 Å². The summed E-state index contributed by atoms with van der Waals surface area (Å²) >= 11 is 0. The Morgan fingerprint density at radius 1 is 1.00 bits per heavy atom. The third kappa shape index (κ3) is 2.07. The van der Waals surface area contributed by atoms with Gasteiger partial charge in [0, 0.05) is 26.2 Å². The summed E-state index contributed by atoms with van der Waals surface area (Å²) in [5.41, 5.74) is 1.80. The minimum Gasteiger partial charge on any atom is -0.785 e. The standard InChI is InChI=1S/C12H13N4O/c17-16-7-5-15(6-8-16)12-9-13-10-3-1-2-4-11(10)14-12/h1-4,9H,5-8H2/q-1. The maximum absolute atomic E-state index is 11.1. The summed E-state index contributed by atoms with van der Waals surface area (Å²) in [7, 11) is 0. The molecule has 0 unspecified atom stereocenters. The lowest BCUT2D eigenvalue weighted by Gasteiger charge is -2.38. The fourth-order valence-electron chi connectivity index (χ4n) is 2.02. The van der Waals surface area contributed by atoms with Gasteiger partial charge in [-0.1, -0.05) is 12.1 Å². The van der Waals surface area contributed by atoms with Crippen molar-refractivity contribution in [2.45, 2.75) is 0 Å². The predicted octanol–water partition coefficient (Wildman–Crippen LogP) is 1.25. The van der Waals surface area contributed by atoms with E-state index in [2.05, 4.69) is 14.9 Å². The predicted molar refractivity (Wildman–Crippen MR) is 66.7 cm³/mol.